The van der Waals surface area contributed by atoms with Crippen molar-refractivity contribution in [3.8, 4) is 0 Å². The Labute approximate surface area is 152 Å². The topological polar surface area (TPSA) is 101 Å². The second kappa shape index (κ2) is 7.61. The van der Waals surface area contributed by atoms with Crippen LogP contribution in [-0.4, -0.2) is 26.5 Å². The molecule has 0 bridgehead atoms. The molecule has 0 radical (unpaired) electrons. The van der Waals surface area contributed by atoms with E-state index in [1.165, 1.54) is 12.1 Å². The Hall–Kier alpha value is -3.81. The molecule has 2 aromatic carbocycles. The van der Waals surface area contributed by atoms with Crippen LogP contribution in [0, 0.1) is 5.82 Å². The highest BCUT2D eigenvalue weighted by atomic mass is 19.1. The van der Waals surface area contributed by atoms with Gasteiger partial charge in [0.05, 0.1) is 12.5 Å². The van der Waals surface area contributed by atoms with Gasteiger partial charge in [-0.05, 0) is 29.8 Å². The third-order valence-electron chi connectivity index (χ3n) is 3.84. The minimum absolute atomic E-state index is 0.167. The van der Waals surface area contributed by atoms with Gasteiger partial charge in [0.1, 0.15) is 11.5 Å². The molecule has 0 spiro atoms. The summed E-state index contributed by atoms with van der Waals surface area (Å²) in [6, 6.07) is 11.6. The molecule has 0 aliphatic rings. The quantitative estimate of drug-likeness (QED) is 0.721. The second-order valence-corrected chi connectivity index (χ2v) is 5.63. The highest BCUT2D eigenvalue weighted by molar-refractivity contribution is 6.04. The largest absolute Gasteiger partial charge is 0.479 e. The molecule has 1 amide bonds. The zero-order valence-electron chi connectivity index (χ0n) is 13.9. The number of rotatable bonds is 5. The molecule has 1 atom stereocenters. The van der Waals surface area contributed by atoms with E-state index >= 15 is 0 Å². The number of anilines is 1. The summed E-state index contributed by atoms with van der Waals surface area (Å²) < 4.78 is 14.0. The van der Waals surface area contributed by atoms with E-state index in [2.05, 4.69) is 10.3 Å². The van der Waals surface area contributed by atoms with E-state index in [1.54, 1.807) is 30.3 Å². The average molecular weight is 367 g/mol. The number of halogens is 1. The minimum Gasteiger partial charge on any atom is -0.479 e. The van der Waals surface area contributed by atoms with Crippen molar-refractivity contribution >= 4 is 17.6 Å². The predicted molar refractivity (Wildman–Crippen MR) is 95.1 cm³/mol. The molecule has 1 aromatic heterocycles. The number of benzene rings is 2. The van der Waals surface area contributed by atoms with Crippen molar-refractivity contribution in [2.45, 2.75) is 6.04 Å². The number of hydrogen-bond donors (Lipinski definition) is 2. The van der Waals surface area contributed by atoms with Crippen LogP contribution in [0.3, 0.4) is 0 Å². The summed E-state index contributed by atoms with van der Waals surface area (Å²) in [5.74, 6) is -2.38. The van der Waals surface area contributed by atoms with Crippen molar-refractivity contribution < 1.29 is 19.1 Å². The lowest BCUT2D eigenvalue weighted by atomic mass is 10.1. The normalized spacial score (nSPS) is 11.6. The summed E-state index contributed by atoms with van der Waals surface area (Å²) in [4.78, 5) is 40.5. The minimum atomic E-state index is -1.42. The Morgan fingerprint density at radius 2 is 1.74 bits per heavy atom. The number of nitrogens with zero attached hydrogens (tertiary/aromatic N) is 2. The molecular formula is C19H14FN3O4. The molecule has 0 aliphatic carbocycles. The lowest BCUT2D eigenvalue weighted by molar-refractivity contribution is -0.139. The van der Waals surface area contributed by atoms with Gasteiger partial charge in [-0.15, -0.1) is 0 Å². The molecule has 1 heterocycles. The first-order valence-corrected chi connectivity index (χ1v) is 7.88. The number of aliphatic carboxylic acids is 1. The second-order valence-electron chi connectivity index (χ2n) is 5.63. The zero-order chi connectivity index (χ0) is 19.4. The predicted octanol–water partition coefficient (Wildman–Crippen LogP) is 2.31. The molecule has 0 saturated heterocycles. The van der Waals surface area contributed by atoms with Gasteiger partial charge >= 0.3 is 5.97 Å². The number of carbonyl (C=O) groups is 2. The van der Waals surface area contributed by atoms with Crippen molar-refractivity contribution in [2.24, 2.45) is 0 Å². The van der Waals surface area contributed by atoms with Crippen molar-refractivity contribution in [2.75, 3.05) is 5.32 Å². The van der Waals surface area contributed by atoms with Crippen LogP contribution in [0.2, 0.25) is 0 Å². The van der Waals surface area contributed by atoms with E-state index < -0.39 is 29.3 Å². The first-order valence-electron chi connectivity index (χ1n) is 7.88. The molecule has 7 nitrogen and oxygen atoms in total. The lowest BCUT2D eigenvalue weighted by Gasteiger charge is -2.16. The van der Waals surface area contributed by atoms with E-state index in [1.807, 2.05) is 0 Å². The Balaban J connectivity index is 1.98. The molecule has 8 heteroatoms. The molecule has 2 N–H and O–H groups in total. The Morgan fingerprint density at radius 3 is 2.37 bits per heavy atom. The maximum atomic E-state index is 13.1. The molecule has 3 rings (SSSR count). The number of carboxylic acid groups (broad SMARTS) is 1. The van der Waals surface area contributed by atoms with Gasteiger partial charge in [-0.2, -0.15) is 0 Å². The standard InChI is InChI=1S/C19H14FN3O4/c20-14-8-6-12(7-9-14)16(19(26)27)23-11-21-10-15(18(23)25)22-17(24)13-4-2-1-3-5-13/h1-11,16H,(H,22,24)(H,26,27). The van der Waals surface area contributed by atoms with E-state index in [9.17, 15) is 23.9 Å². The highest BCUT2D eigenvalue weighted by Crippen LogP contribution is 2.18. The van der Waals surface area contributed by atoms with Crippen LogP contribution < -0.4 is 10.9 Å². The van der Waals surface area contributed by atoms with Gasteiger partial charge in [-0.3, -0.25) is 14.2 Å². The maximum absolute atomic E-state index is 13.1. The number of aromatic nitrogens is 2. The highest BCUT2D eigenvalue weighted by Gasteiger charge is 2.24. The molecule has 0 aliphatic heterocycles. The van der Waals surface area contributed by atoms with Crippen LogP contribution in [0.25, 0.3) is 0 Å². The zero-order valence-corrected chi connectivity index (χ0v) is 13.9. The van der Waals surface area contributed by atoms with Gasteiger partial charge < -0.3 is 10.4 Å². The molecule has 27 heavy (non-hydrogen) atoms. The number of hydrogen-bond acceptors (Lipinski definition) is 4. The SMILES string of the molecule is O=C(Nc1cncn(C(C(=O)O)c2ccc(F)cc2)c1=O)c1ccccc1. The summed E-state index contributed by atoms with van der Waals surface area (Å²) in [5.41, 5.74) is -0.384. The Kier molecular flexibility index (Phi) is 5.07. The summed E-state index contributed by atoms with van der Waals surface area (Å²) in [5, 5.41) is 12.0. The summed E-state index contributed by atoms with van der Waals surface area (Å²) in [7, 11) is 0. The molecule has 136 valence electrons. The first kappa shape index (κ1) is 18.0. The average Bonchev–Trinajstić information content (AvgIpc) is 2.67. The van der Waals surface area contributed by atoms with Crippen LogP contribution >= 0.6 is 0 Å². The van der Waals surface area contributed by atoms with Gasteiger partial charge in [0.2, 0.25) is 0 Å². The van der Waals surface area contributed by atoms with Gasteiger partial charge in [-0.25, -0.2) is 14.2 Å². The van der Waals surface area contributed by atoms with Gasteiger partial charge in [-0.1, -0.05) is 30.3 Å². The summed E-state index contributed by atoms with van der Waals surface area (Å²) in [6.07, 6.45) is 2.20. The molecule has 0 fully saturated rings. The fraction of sp³-hybridized carbons (Fsp3) is 0.0526. The van der Waals surface area contributed by atoms with E-state index in [-0.39, 0.29) is 11.3 Å². The third-order valence-corrected chi connectivity index (χ3v) is 3.84. The Morgan fingerprint density at radius 1 is 1.07 bits per heavy atom. The van der Waals surface area contributed by atoms with Crippen molar-refractivity contribution in [3.63, 3.8) is 0 Å². The van der Waals surface area contributed by atoms with Crippen LogP contribution in [-0.2, 0) is 4.79 Å². The van der Waals surface area contributed by atoms with Gasteiger partial charge in [0, 0.05) is 5.56 Å². The Bertz CT molecular complexity index is 1030. The molecular weight excluding hydrogens is 353 g/mol. The number of carbonyl (C=O) groups excluding carboxylic acids is 1. The molecule has 0 saturated carbocycles. The monoisotopic (exact) mass is 367 g/mol. The van der Waals surface area contributed by atoms with Crippen molar-refractivity contribution in [1.29, 1.82) is 0 Å². The van der Waals surface area contributed by atoms with Crippen LogP contribution in [0.15, 0.2) is 71.9 Å². The number of amides is 1. The van der Waals surface area contributed by atoms with Gasteiger partial charge in [0.15, 0.2) is 6.04 Å². The number of nitrogens with one attached hydrogen (secondary N) is 1. The van der Waals surface area contributed by atoms with E-state index in [0.29, 0.717) is 5.56 Å². The smallest absolute Gasteiger partial charge is 0.331 e. The van der Waals surface area contributed by atoms with Crippen molar-refractivity contribution in [3.05, 3.63) is 94.4 Å². The lowest BCUT2D eigenvalue weighted by Crippen LogP contribution is -2.33. The van der Waals surface area contributed by atoms with E-state index in [4.69, 9.17) is 0 Å². The fourth-order valence-electron chi connectivity index (χ4n) is 2.55. The van der Waals surface area contributed by atoms with Crippen LogP contribution in [0.5, 0.6) is 0 Å². The molecule has 3 aromatic rings. The fourth-order valence-corrected chi connectivity index (χ4v) is 2.55. The van der Waals surface area contributed by atoms with Crippen LogP contribution in [0.4, 0.5) is 10.1 Å². The van der Waals surface area contributed by atoms with Crippen molar-refractivity contribution in [1.82, 2.24) is 9.55 Å². The van der Waals surface area contributed by atoms with E-state index in [0.717, 1.165) is 29.2 Å². The summed E-state index contributed by atoms with van der Waals surface area (Å²) in [6.45, 7) is 0. The summed E-state index contributed by atoms with van der Waals surface area (Å²) >= 11 is 0. The molecule has 1 unspecified atom stereocenters. The van der Waals surface area contributed by atoms with Crippen LogP contribution in [0.1, 0.15) is 22.0 Å². The van der Waals surface area contributed by atoms with Gasteiger partial charge in [0.25, 0.3) is 11.5 Å². The maximum Gasteiger partial charge on any atom is 0.331 e. The number of carboxylic acids is 1. The third kappa shape index (κ3) is 3.90. The first-order chi connectivity index (χ1) is 13.0.